The molecule has 0 heterocycles. The molecule has 1 saturated carbocycles. The van der Waals surface area contributed by atoms with Crippen LogP contribution in [0.15, 0.2) is 0 Å². The highest BCUT2D eigenvalue weighted by Gasteiger charge is 2.22. The van der Waals surface area contributed by atoms with Crippen molar-refractivity contribution in [3.8, 4) is 0 Å². The van der Waals surface area contributed by atoms with Crippen molar-refractivity contribution >= 4 is 15.9 Å². The summed E-state index contributed by atoms with van der Waals surface area (Å²) in [6.07, 6.45) is 5.69. The van der Waals surface area contributed by atoms with E-state index in [-0.39, 0.29) is 0 Å². The second kappa shape index (κ2) is 6.02. The molecule has 0 saturated heterocycles. The fourth-order valence-electron chi connectivity index (χ4n) is 1.65. The Morgan fingerprint density at radius 2 is 2.00 bits per heavy atom. The van der Waals surface area contributed by atoms with E-state index < -0.39 is 0 Å². The van der Waals surface area contributed by atoms with E-state index in [9.17, 15) is 0 Å². The molecule has 0 aromatic heterocycles. The first-order valence-corrected chi connectivity index (χ1v) is 6.66. The van der Waals surface area contributed by atoms with E-state index in [0.717, 1.165) is 17.3 Å². The smallest absolute Gasteiger partial charge is 0.00434 e. The Balaban J connectivity index is 2.11. The highest BCUT2D eigenvalue weighted by molar-refractivity contribution is 9.09. The molecule has 0 aromatic rings. The summed E-state index contributed by atoms with van der Waals surface area (Å²) in [5, 5.41) is 1.14. The second-order valence-corrected chi connectivity index (χ2v) is 5.20. The first-order chi connectivity index (χ1) is 6.24. The van der Waals surface area contributed by atoms with Crippen molar-refractivity contribution in [1.82, 2.24) is 4.90 Å². The third-order valence-electron chi connectivity index (χ3n) is 2.83. The van der Waals surface area contributed by atoms with Gasteiger partial charge in [0, 0.05) is 11.4 Å². The molecule has 1 fully saturated rings. The third-order valence-corrected chi connectivity index (χ3v) is 3.39. The minimum absolute atomic E-state index is 0.720. The van der Waals surface area contributed by atoms with Crippen molar-refractivity contribution in [3.05, 3.63) is 0 Å². The van der Waals surface area contributed by atoms with Crippen LogP contribution in [0.1, 0.15) is 39.5 Å². The zero-order chi connectivity index (χ0) is 9.68. The Kier molecular flexibility index (Phi) is 5.34. The summed E-state index contributed by atoms with van der Waals surface area (Å²) in [4.78, 5) is 2.61. The minimum Gasteiger partial charge on any atom is -0.301 e. The maximum Gasteiger partial charge on any atom is 0.00434 e. The Bertz CT molecular complexity index is 132. The van der Waals surface area contributed by atoms with Crippen molar-refractivity contribution in [2.75, 3.05) is 18.4 Å². The zero-order valence-electron chi connectivity index (χ0n) is 8.93. The number of alkyl halides is 1. The fraction of sp³-hybridized carbons (Fsp3) is 1.00. The summed E-state index contributed by atoms with van der Waals surface area (Å²) < 4.78 is 0. The van der Waals surface area contributed by atoms with Crippen molar-refractivity contribution in [2.45, 2.75) is 45.6 Å². The highest BCUT2D eigenvalue weighted by Crippen LogP contribution is 2.32. The van der Waals surface area contributed by atoms with Crippen LogP contribution in [0.2, 0.25) is 0 Å². The average Bonchev–Trinajstić information content (AvgIpc) is 2.87. The standard InChI is InChI=1S/C11H22BrN/c1-10(2)13(8-3-7-12)9-6-11-4-5-11/h10-11H,3-9H2,1-2H3. The van der Waals surface area contributed by atoms with Gasteiger partial charge in [0.2, 0.25) is 0 Å². The molecule has 0 bridgehead atoms. The molecule has 1 nitrogen and oxygen atoms in total. The lowest BCUT2D eigenvalue weighted by Gasteiger charge is -2.26. The molecule has 78 valence electrons. The predicted molar refractivity (Wildman–Crippen MR) is 62.5 cm³/mol. The molecule has 0 N–H and O–H groups in total. The fourth-order valence-corrected chi connectivity index (χ4v) is 1.90. The number of hydrogen-bond donors (Lipinski definition) is 0. The average molecular weight is 248 g/mol. The van der Waals surface area contributed by atoms with Gasteiger partial charge in [-0.3, -0.25) is 0 Å². The van der Waals surface area contributed by atoms with Crippen LogP contribution >= 0.6 is 15.9 Å². The number of rotatable bonds is 7. The Labute approximate surface area is 91.0 Å². The van der Waals surface area contributed by atoms with E-state index in [4.69, 9.17) is 0 Å². The molecule has 0 radical (unpaired) electrons. The van der Waals surface area contributed by atoms with Crippen molar-refractivity contribution in [2.24, 2.45) is 5.92 Å². The molecular formula is C11H22BrN. The van der Waals surface area contributed by atoms with Crippen LogP contribution in [0.4, 0.5) is 0 Å². The van der Waals surface area contributed by atoms with Gasteiger partial charge >= 0.3 is 0 Å². The molecule has 0 unspecified atom stereocenters. The highest BCUT2D eigenvalue weighted by atomic mass is 79.9. The van der Waals surface area contributed by atoms with Crippen molar-refractivity contribution in [3.63, 3.8) is 0 Å². The summed E-state index contributed by atoms with van der Waals surface area (Å²) in [5.74, 6) is 1.07. The quantitative estimate of drug-likeness (QED) is 0.625. The Morgan fingerprint density at radius 1 is 1.31 bits per heavy atom. The SMILES string of the molecule is CC(C)N(CCCBr)CCC1CC1. The lowest BCUT2D eigenvalue weighted by atomic mass is 10.2. The van der Waals surface area contributed by atoms with Crippen molar-refractivity contribution < 1.29 is 0 Å². The van der Waals surface area contributed by atoms with Crippen LogP contribution in [0.25, 0.3) is 0 Å². The number of hydrogen-bond acceptors (Lipinski definition) is 1. The normalized spacial score (nSPS) is 17.3. The van der Waals surface area contributed by atoms with E-state index in [1.807, 2.05) is 0 Å². The van der Waals surface area contributed by atoms with Gasteiger partial charge in [-0.2, -0.15) is 0 Å². The summed E-state index contributed by atoms with van der Waals surface area (Å²) in [6, 6.07) is 0.720. The third kappa shape index (κ3) is 5.02. The molecule has 0 spiro atoms. The minimum atomic E-state index is 0.720. The maximum absolute atomic E-state index is 3.49. The Morgan fingerprint density at radius 3 is 2.46 bits per heavy atom. The van der Waals surface area contributed by atoms with E-state index >= 15 is 0 Å². The van der Waals surface area contributed by atoms with Crippen molar-refractivity contribution in [1.29, 1.82) is 0 Å². The summed E-state index contributed by atoms with van der Waals surface area (Å²) in [5.41, 5.74) is 0. The van der Waals surface area contributed by atoms with Gasteiger partial charge < -0.3 is 4.90 Å². The number of halogens is 1. The molecular weight excluding hydrogens is 226 g/mol. The van der Waals surface area contributed by atoms with Crippen LogP contribution in [0.5, 0.6) is 0 Å². The first-order valence-electron chi connectivity index (χ1n) is 5.54. The lowest BCUT2D eigenvalue weighted by Crippen LogP contribution is -2.33. The van der Waals surface area contributed by atoms with Crippen LogP contribution < -0.4 is 0 Å². The largest absolute Gasteiger partial charge is 0.301 e. The summed E-state index contributed by atoms with van der Waals surface area (Å²) in [6.45, 7) is 7.19. The molecule has 1 aliphatic carbocycles. The van der Waals surface area contributed by atoms with E-state index in [1.165, 1.54) is 38.8 Å². The van der Waals surface area contributed by atoms with Gasteiger partial charge in [0.1, 0.15) is 0 Å². The van der Waals surface area contributed by atoms with Gasteiger partial charge in [-0.05, 0) is 45.7 Å². The first kappa shape index (κ1) is 11.5. The Hall–Kier alpha value is 0.440. The van der Waals surface area contributed by atoms with Gasteiger partial charge in [-0.25, -0.2) is 0 Å². The maximum atomic E-state index is 3.49. The number of nitrogens with zero attached hydrogens (tertiary/aromatic N) is 1. The molecule has 0 aromatic carbocycles. The predicted octanol–water partition coefficient (Wildman–Crippen LogP) is 3.28. The summed E-state index contributed by atoms with van der Waals surface area (Å²) >= 11 is 3.49. The molecule has 2 heteroatoms. The van der Waals surface area contributed by atoms with E-state index in [2.05, 4.69) is 34.7 Å². The second-order valence-electron chi connectivity index (χ2n) is 4.40. The monoisotopic (exact) mass is 247 g/mol. The van der Waals surface area contributed by atoms with Crippen LogP contribution in [-0.4, -0.2) is 29.4 Å². The van der Waals surface area contributed by atoms with Gasteiger partial charge in [0.25, 0.3) is 0 Å². The van der Waals surface area contributed by atoms with Gasteiger partial charge in [0.15, 0.2) is 0 Å². The van der Waals surface area contributed by atoms with E-state index in [0.29, 0.717) is 0 Å². The van der Waals surface area contributed by atoms with Crippen LogP contribution in [0, 0.1) is 5.92 Å². The molecule has 1 aliphatic rings. The molecule has 1 rings (SSSR count). The van der Waals surface area contributed by atoms with Crippen LogP contribution in [0.3, 0.4) is 0 Å². The summed E-state index contributed by atoms with van der Waals surface area (Å²) in [7, 11) is 0. The molecule has 0 amide bonds. The van der Waals surface area contributed by atoms with Gasteiger partial charge in [-0.15, -0.1) is 0 Å². The van der Waals surface area contributed by atoms with Crippen LogP contribution in [-0.2, 0) is 0 Å². The lowest BCUT2D eigenvalue weighted by molar-refractivity contribution is 0.216. The van der Waals surface area contributed by atoms with Gasteiger partial charge in [-0.1, -0.05) is 28.8 Å². The molecule has 13 heavy (non-hydrogen) atoms. The van der Waals surface area contributed by atoms with Gasteiger partial charge in [0.05, 0.1) is 0 Å². The topological polar surface area (TPSA) is 3.24 Å². The molecule has 0 aliphatic heterocycles. The zero-order valence-corrected chi connectivity index (χ0v) is 10.5. The molecule has 0 atom stereocenters. The van der Waals surface area contributed by atoms with E-state index in [1.54, 1.807) is 0 Å².